The van der Waals surface area contributed by atoms with Gasteiger partial charge < -0.3 is 15.4 Å². The number of nitrogens with one attached hydrogen (secondary N) is 2. The van der Waals surface area contributed by atoms with Crippen molar-refractivity contribution in [2.45, 2.75) is 0 Å². The van der Waals surface area contributed by atoms with Gasteiger partial charge in [0, 0.05) is 6.07 Å². The first-order valence-electron chi connectivity index (χ1n) is 6.04. The van der Waals surface area contributed by atoms with Crippen molar-refractivity contribution in [2.75, 3.05) is 17.7 Å². The van der Waals surface area contributed by atoms with E-state index in [0.29, 0.717) is 27.7 Å². The Bertz CT molecular complexity index is 710. The maximum Gasteiger partial charge on any atom is 0.323 e. The summed E-state index contributed by atoms with van der Waals surface area (Å²) in [4.78, 5) is 12.0. The lowest BCUT2D eigenvalue weighted by Gasteiger charge is -2.12. The molecule has 0 spiro atoms. The first kappa shape index (κ1) is 14.7. The number of carbonyl (C=O) groups excluding carboxylic acids is 1. The van der Waals surface area contributed by atoms with E-state index in [-0.39, 0.29) is 0 Å². The van der Waals surface area contributed by atoms with Crippen molar-refractivity contribution in [3.63, 3.8) is 0 Å². The zero-order valence-electron chi connectivity index (χ0n) is 11.2. The number of para-hydroxylation sites is 1. The molecule has 2 aromatic rings. The number of hydrogen-bond acceptors (Lipinski definition) is 3. The van der Waals surface area contributed by atoms with E-state index in [1.165, 1.54) is 7.11 Å². The van der Waals surface area contributed by atoms with Crippen LogP contribution in [0.5, 0.6) is 5.75 Å². The van der Waals surface area contributed by atoms with Crippen LogP contribution in [0.15, 0.2) is 42.5 Å². The fraction of sp³-hybridized carbons (Fsp3) is 0.0667. The van der Waals surface area contributed by atoms with Gasteiger partial charge in [0.2, 0.25) is 0 Å². The van der Waals surface area contributed by atoms with Crippen LogP contribution in [0.1, 0.15) is 5.56 Å². The molecule has 0 aromatic heterocycles. The molecule has 2 N–H and O–H groups in total. The average Bonchev–Trinajstić information content (AvgIpc) is 2.50. The quantitative estimate of drug-likeness (QED) is 0.904. The molecule has 0 aliphatic carbocycles. The number of methoxy groups -OCH3 is 1. The fourth-order valence-corrected chi connectivity index (χ4v) is 1.89. The lowest BCUT2D eigenvalue weighted by atomic mass is 10.2. The Kier molecular flexibility index (Phi) is 4.64. The number of halogens is 1. The molecule has 2 aromatic carbocycles. The summed E-state index contributed by atoms with van der Waals surface area (Å²) in [6.07, 6.45) is 0. The molecular formula is C15H12ClN3O2. The topological polar surface area (TPSA) is 74.1 Å². The SMILES string of the molecule is COc1cc(C#N)ccc1NC(=O)Nc1ccccc1Cl. The van der Waals surface area contributed by atoms with Crippen LogP contribution in [-0.2, 0) is 0 Å². The van der Waals surface area contributed by atoms with Gasteiger partial charge in [0.05, 0.1) is 35.1 Å². The zero-order chi connectivity index (χ0) is 15.2. The number of nitrogens with zero attached hydrogens (tertiary/aromatic N) is 1. The van der Waals surface area contributed by atoms with Crippen LogP contribution < -0.4 is 15.4 Å². The van der Waals surface area contributed by atoms with Crippen molar-refractivity contribution in [3.8, 4) is 11.8 Å². The van der Waals surface area contributed by atoms with Gasteiger partial charge in [-0.2, -0.15) is 5.26 Å². The van der Waals surface area contributed by atoms with E-state index in [9.17, 15) is 4.79 Å². The minimum absolute atomic E-state index is 0.406. The number of amides is 2. The number of urea groups is 1. The summed E-state index contributed by atoms with van der Waals surface area (Å²) in [6, 6.07) is 13.2. The predicted molar refractivity (Wildman–Crippen MR) is 81.8 cm³/mol. The molecule has 106 valence electrons. The van der Waals surface area contributed by atoms with Crippen molar-refractivity contribution in [1.82, 2.24) is 0 Å². The van der Waals surface area contributed by atoms with Crippen molar-refractivity contribution in [3.05, 3.63) is 53.1 Å². The minimum atomic E-state index is -0.453. The molecule has 21 heavy (non-hydrogen) atoms. The van der Waals surface area contributed by atoms with Crippen LogP contribution >= 0.6 is 11.6 Å². The van der Waals surface area contributed by atoms with Crippen molar-refractivity contribution >= 4 is 29.0 Å². The van der Waals surface area contributed by atoms with E-state index in [2.05, 4.69) is 10.6 Å². The van der Waals surface area contributed by atoms with Gasteiger partial charge in [-0.25, -0.2) is 4.79 Å². The number of nitriles is 1. The van der Waals surface area contributed by atoms with Gasteiger partial charge in [-0.15, -0.1) is 0 Å². The van der Waals surface area contributed by atoms with Crippen LogP contribution in [0, 0.1) is 11.3 Å². The minimum Gasteiger partial charge on any atom is -0.495 e. The normalized spacial score (nSPS) is 9.57. The lowest BCUT2D eigenvalue weighted by molar-refractivity contribution is 0.262. The number of benzene rings is 2. The number of ether oxygens (including phenoxy) is 1. The van der Waals surface area contributed by atoms with Gasteiger partial charge in [-0.05, 0) is 24.3 Å². The molecule has 0 heterocycles. The summed E-state index contributed by atoms with van der Waals surface area (Å²) in [5, 5.41) is 14.6. The summed E-state index contributed by atoms with van der Waals surface area (Å²) < 4.78 is 5.14. The van der Waals surface area contributed by atoms with Crippen LogP contribution in [0.25, 0.3) is 0 Å². The smallest absolute Gasteiger partial charge is 0.323 e. The Labute approximate surface area is 127 Å². The van der Waals surface area contributed by atoms with Gasteiger partial charge in [0.1, 0.15) is 5.75 Å². The molecule has 0 saturated heterocycles. The molecule has 2 amide bonds. The summed E-state index contributed by atoms with van der Waals surface area (Å²) in [5.74, 6) is 0.406. The second-order valence-electron chi connectivity index (χ2n) is 4.09. The monoisotopic (exact) mass is 301 g/mol. The maximum atomic E-state index is 12.0. The average molecular weight is 302 g/mol. The van der Waals surface area contributed by atoms with Crippen molar-refractivity contribution in [2.24, 2.45) is 0 Å². The Morgan fingerprint density at radius 3 is 2.57 bits per heavy atom. The Hall–Kier alpha value is -2.71. The highest BCUT2D eigenvalue weighted by Crippen LogP contribution is 2.26. The number of anilines is 2. The molecule has 0 unspecified atom stereocenters. The highest BCUT2D eigenvalue weighted by molar-refractivity contribution is 6.33. The molecule has 0 radical (unpaired) electrons. The van der Waals surface area contributed by atoms with Gasteiger partial charge >= 0.3 is 6.03 Å². The van der Waals surface area contributed by atoms with E-state index >= 15 is 0 Å². The molecular weight excluding hydrogens is 290 g/mol. The van der Waals surface area contributed by atoms with Crippen LogP contribution in [0.2, 0.25) is 5.02 Å². The van der Waals surface area contributed by atoms with Crippen LogP contribution in [0.4, 0.5) is 16.2 Å². The van der Waals surface area contributed by atoms with Crippen LogP contribution in [0.3, 0.4) is 0 Å². The number of hydrogen-bond donors (Lipinski definition) is 2. The predicted octanol–water partition coefficient (Wildman–Crippen LogP) is 3.86. The number of carbonyl (C=O) groups is 1. The van der Waals surface area contributed by atoms with Crippen LogP contribution in [-0.4, -0.2) is 13.1 Å². The molecule has 0 aliphatic rings. The second-order valence-corrected chi connectivity index (χ2v) is 4.49. The highest BCUT2D eigenvalue weighted by atomic mass is 35.5. The summed E-state index contributed by atoms with van der Waals surface area (Å²) >= 11 is 5.97. The van der Waals surface area contributed by atoms with E-state index in [1.807, 2.05) is 6.07 Å². The highest BCUT2D eigenvalue weighted by Gasteiger charge is 2.09. The van der Waals surface area contributed by atoms with Gasteiger partial charge in [-0.3, -0.25) is 0 Å². The number of rotatable bonds is 3. The third-order valence-corrected chi connectivity index (χ3v) is 3.03. The van der Waals surface area contributed by atoms with Gasteiger partial charge in [0.15, 0.2) is 0 Å². The van der Waals surface area contributed by atoms with Gasteiger partial charge in [0.25, 0.3) is 0 Å². The third-order valence-electron chi connectivity index (χ3n) is 2.70. The molecule has 5 nitrogen and oxygen atoms in total. The largest absolute Gasteiger partial charge is 0.495 e. The first-order chi connectivity index (χ1) is 10.1. The molecule has 0 atom stereocenters. The van der Waals surface area contributed by atoms with E-state index in [1.54, 1.807) is 42.5 Å². The molecule has 0 bridgehead atoms. The Morgan fingerprint density at radius 1 is 1.19 bits per heavy atom. The maximum absolute atomic E-state index is 12.0. The Morgan fingerprint density at radius 2 is 1.90 bits per heavy atom. The molecule has 6 heteroatoms. The zero-order valence-corrected chi connectivity index (χ0v) is 11.9. The van der Waals surface area contributed by atoms with Crippen molar-refractivity contribution < 1.29 is 9.53 Å². The summed E-state index contributed by atoms with van der Waals surface area (Å²) in [6.45, 7) is 0. The summed E-state index contributed by atoms with van der Waals surface area (Å²) in [5.41, 5.74) is 1.41. The molecule has 0 saturated carbocycles. The first-order valence-corrected chi connectivity index (χ1v) is 6.42. The standard InChI is InChI=1S/C15H12ClN3O2/c1-21-14-8-10(9-17)6-7-13(14)19-15(20)18-12-5-3-2-4-11(12)16/h2-8H,1H3,(H2,18,19,20). The lowest BCUT2D eigenvalue weighted by Crippen LogP contribution is -2.20. The fourth-order valence-electron chi connectivity index (χ4n) is 1.70. The molecule has 2 rings (SSSR count). The van der Waals surface area contributed by atoms with Gasteiger partial charge in [-0.1, -0.05) is 23.7 Å². The Balaban J connectivity index is 2.13. The van der Waals surface area contributed by atoms with E-state index < -0.39 is 6.03 Å². The molecule has 0 fully saturated rings. The van der Waals surface area contributed by atoms with E-state index in [4.69, 9.17) is 21.6 Å². The summed E-state index contributed by atoms with van der Waals surface area (Å²) in [7, 11) is 1.47. The van der Waals surface area contributed by atoms with Crippen molar-refractivity contribution in [1.29, 1.82) is 5.26 Å². The van der Waals surface area contributed by atoms with E-state index in [0.717, 1.165) is 0 Å². The molecule has 0 aliphatic heterocycles. The second kappa shape index (κ2) is 6.64. The third kappa shape index (κ3) is 3.65.